The van der Waals surface area contributed by atoms with Gasteiger partial charge in [0.1, 0.15) is 0 Å². The topological polar surface area (TPSA) is 46.9 Å². The van der Waals surface area contributed by atoms with Gasteiger partial charge in [-0.15, -0.1) is 0 Å². The van der Waals surface area contributed by atoms with Crippen LogP contribution < -0.4 is 5.32 Å². The summed E-state index contributed by atoms with van der Waals surface area (Å²) >= 11 is 7.10. The van der Waals surface area contributed by atoms with E-state index in [1.165, 1.54) is 11.8 Å². The van der Waals surface area contributed by atoms with E-state index < -0.39 is 17.6 Å². The number of halogens is 4. The van der Waals surface area contributed by atoms with Crippen LogP contribution in [-0.2, 0) is 11.0 Å². The molecule has 1 N–H and O–H groups in total. The van der Waals surface area contributed by atoms with Gasteiger partial charge in [0, 0.05) is 18.1 Å². The lowest BCUT2D eigenvalue weighted by molar-refractivity contribution is -0.137. The average molecular weight is 440 g/mol. The number of hydrogen-bond donors (Lipinski definition) is 1. The van der Waals surface area contributed by atoms with Crippen LogP contribution in [0, 0.1) is 13.8 Å². The number of carbonyl (C=O) groups is 1. The fourth-order valence-corrected chi connectivity index (χ4v) is 3.73. The summed E-state index contributed by atoms with van der Waals surface area (Å²) in [6.07, 6.45) is -1.10. The van der Waals surface area contributed by atoms with E-state index in [9.17, 15) is 18.0 Å². The van der Waals surface area contributed by atoms with Gasteiger partial charge in [0.05, 0.1) is 22.0 Å². The molecule has 9 heteroatoms. The number of alkyl halides is 3. The number of nitrogens with one attached hydrogen (secondary N) is 1. The maximum Gasteiger partial charge on any atom is 0.416 e. The third-order valence-corrected chi connectivity index (χ3v) is 5.29. The molecule has 0 bridgehead atoms. The molecule has 3 aromatic rings. The Morgan fingerprint density at radius 1 is 1.17 bits per heavy atom. The van der Waals surface area contributed by atoms with Crippen molar-refractivity contribution in [3.63, 3.8) is 0 Å². The first-order valence-corrected chi connectivity index (χ1v) is 9.91. The number of benzene rings is 2. The van der Waals surface area contributed by atoms with Gasteiger partial charge in [0.25, 0.3) is 0 Å². The normalized spacial score (nSPS) is 11.5. The largest absolute Gasteiger partial charge is 0.416 e. The first-order valence-electron chi connectivity index (χ1n) is 8.55. The van der Waals surface area contributed by atoms with Crippen LogP contribution in [-0.4, -0.2) is 21.2 Å². The second-order valence-corrected chi connectivity index (χ2v) is 7.80. The number of thioether (sulfide) groups is 1. The molecule has 0 radical (unpaired) electrons. The molecule has 1 aromatic heterocycles. The van der Waals surface area contributed by atoms with E-state index in [0.29, 0.717) is 5.16 Å². The number of hydrogen-bond acceptors (Lipinski definition) is 3. The second kappa shape index (κ2) is 8.51. The van der Waals surface area contributed by atoms with Crippen molar-refractivity contribution in [3.05, 3.63) is 70.5 Å². The Kier molecular flexibility index (Phi) is 6.24. The van der Waals surface area contributed by atoms with Gasteiger partial charge in [0.15, 0.2) is 5.16 Å². The zero-order valence-electron chi connectivity index (χ0n) is 15.5. The molecule has 0 saturated heterocycles. The minimum atomic E-state index is -4.52. The number of aromatic nitrogens is 2. The minimum Gasteiger partial charge on any atom is -0.324 e. The van der Waals surface area contributed by atoms with Gasteiger partial charge in [-0.1, -0.05) is 29.4 Å². The van der Waals surface area contributed by atoms with Crippen LogP contribution in [0.15, 0.2) is 53.9 Å². The smallest absolute Gasteiger partial charge is 0.324 e. The van der Waals surface area contributed by atoms with Crippen LogP contribution in [0.1, 0.15) is 16.7 Å². The fourth-order valence-electron chi connectivity index (χ4n) is 2.80. The Bertz CT molecular complexity index is 1030. The highest BCUT2D eigenvalue weighted by molar-refractivity contribution is 7.99. The molecule has 0 atom stereocenters. The van der Waals surface area contributed by atoms with Crippen LogP contribution in [0.3, 0.4) is 0 Å². The summed E-state index contributed by atoms with van der Waals surface area (Å²) in [4.78, 5) is 16.5. The standard InChI is InChI=1S/C20H17ClF3N3OS/c1-12-7-13(2)9-15(8-12)27-6-5-25-19(27)29-11-18(28)26-17-10-14(20(22,23)24)3-4-16(17)21/h3-10H,11H2,1-2H3,(H,26,28). The zero-order valence-corrected chi connectivity index (χ0v) is 17.1. The van der Waals surface area contributed by atoms with Crippen molar-refractivity contribution >= 4 is 35.0 Å². The molecule has 4 nitrogen and oxygen atoms in total. The molecule has 1 heterocycles. The van der Waals surface area contributed by atoms with Crippen molar-refractivity contribution in [2.24, 2.45) is 0 Å². The Labute approximate surface area is 175 Å². The van der Waals surface area contributed by atoms with Crippen molar-refractivity contribution in [2.45, 2.75) is 25.2 Å². The van der Waals surface area contributed by atoms with Crippen LogP contribution in [0.25, 0.3) is 5.69 Å². The van der Waals surface area contributed by atoms with Crippen LogP contribution >= 0.6 is 23.4 Å². The predicted molar refractivity (Wildman–Crippen MR) is 109 cm³/mol. The molecule has 3 rings (SSSR count). The summed E-state index contributed by atoms with van der Waals surface area (Å²) in [7, 11) is 0. The number of aryl methyl sites for hydroxylation is 2. The Morgan fingerprint density at radius 2 is 1.86 bits per heavy atom. The van der Waals surface area contributed by atoms with Gasteiger partial charge in [-0.25, -0.2) is 4.98 Å². The lowest BCUT2D eigenvalue weighted by Crippen LogP contribution is -2.16. The highest BCUT2D eigenvalue weighted by Gasteiger charge is 2.31. The Balaban J connectivity index is 1.71. The summed E-state index contributed by atoms with van der Waals surface area (Å²) < 4.78 is 40.4. The molecule has 0 spiro atoms. The van der Waals surface area contributed by atoms with Crippen LogP contribution in [0.4, 0.5) is 18.9 Å². The van der Waals surface area contributed by atoms with E-state index in [1.54, 1.807) is 12.4 Å². The monoisotopic (exact) mass is 439 g/mol. The van der Waals surface area contributed by atoms with Gasteiger partial charge in [0.2, 0.25) is 5.91 Å². The van der Waals surface area contributed by atoms with E-state index >= 15 is 0 Å². The van der Waals surface area contributed by atoms with E-state index in [4.69, 9.17) is 11.6 Å². The van der Waals surface area contributed by atoms with Gasteiger partial charge < -0.3 is 5.32 Å². The number of imidazole rings is 1. The van der Waals surface area contributed by atoms with E-state index in [1.807, 2.05) is 30.5 Å². The van der Waals surface area contributed by atoms with Crippen LogP contribution in [0.5, 0.6) is 0 Å². The number of nitrogens with zero attached hydrogens (tertiary/aromatic N) is 2. The van der Waals surface area contributed by atoms with E-state index in [-0.39, 0.29) is 16.5 Å². The van der Waals surface area contributed by atoms with Gasteiger partial charge >= 0.3 is 6.18 Å². The lowest BCUT2D eigenvalue weighted by Gasteiger charge is -2.12. The third-order valence-electron chi connectivity index (χ3n) is 3.99. The van der Waals surface area contributed by atoms with Gasteiger partial charge in [-0.05, 0) is 55.3 Å². The molecule has 0 aliphatic carbocycles. The molecule has 29 heavy (non-hydrogen) atoms. The molecule has 0 unspecified atom stereocenters. The van der Waals surface area contributed by atoms with Crippen molar-refractivity contribution in [1.82, 2.24) is 9.55 Å². The molecule has 0 saturated carbocycles. The van der Waals surface area contributed by atoms with Gasteiger partial charge in [-0.2, -0.15) is 13.2 Å². The summed E-state index contributed by atoms with van der Waals surface area (Å²) in [5.41, 5.74) is 2.16. The summed E-state index contributed by atoms with van der Waals surface area (Å²) in [5, 5.41) is 3.07. The number of rotatable bonds is 5. The molecule has 0 fully saturated rings. The number of anilines is 1. The molecular weight excluding hydrogens is 423 g/mol. The van der Waals surface area contributed by atoms with Crippen molar-refractivity contribution in [2.75, 3.05) is 11.1 Å². The SMILES string of the molecule is Cc1cc(C)cc(-n2ccnc2SCC(=O)Nc2cc(C(F)(F)F)ccc2Cl)c1. The molecule has 1 amide bonds. The molecule has 152 valence electrons. The van der Waals surface area contributed by atoms with Crippen molar-refractivity contribution < 1.29 is 18.0 Å². The highest BCUT2D eigenvalue weighted by atomic mass is 35.5. The van der Waals surface area contributed by atoms with E-state index in [2.05, 4.69) is 16.4 Å². The molecular formula is C20H17ClF3N3OS. The average Bonchev–Trinajstić information content (AvgIpc) is 3.08. The first kappa shape index (κ1) is 21.3. The molecule has 0 aliphatic heterocycles. The maximum atomic E-state index is 12.9. The van der Waals surface area contributed by atoms with Gasteiger partial charge in [-0.3, -0.25) is 9.36 Å². The quantitative estimate of drug-likeness (QED) is 0.504. The summed E-state index contributed by atoms with van der Waals surface area (Å²) in [6, 6.07) is 8.86. The Morgan fingerprint density at radius 3 is 2.52 bits per heavy atom. The second-order valence-electron chi connectivity index (χ2n) is 6.45. The van der Waals surface area contributed by atoms with Crippen LogP contribution in [0.2, 0.25) is 5.02 Å². The Hall–Kier alpha value is -2.45. The molecule has 2 aromatic carbocycles. The highest BCUT2D eigenvalue weighted by Crippen LogP contribution is 2.34. The van der Waals surface area contributed by atoms with Crippen molar-refractivity contribution in [1.29, 1.82) is 0 Å². The van der Waals surface area contributed by atoms with E-state index in [0.717, 1.165) is 35.0 Å². The zero-order chi connectivity index (χ0) is 21.2. The first-order chi connectivity index (χ1) is 13.6. The summed E-state index contributed by atoms with van der Waals surface area (Å²) in [5.74, 6) is -0.514. The fraction of sp³-hybridized carbons (Fsp3) is 0.200. The summed E-state index contributed by atoms with van der Waals surface area (Å²) in [6.45, 7) is 3.99. The minimum absolute atomic E-state index is 0.0333. The van der Waals surface area contributed by atoms with Crippen molar-refractivity contribution in [3.8, 4) is 5.69 Å². The third kappa shape index (κ3) is 5.33. The number of amides is 1. The number of carbonyl (C=O) groups excluding carboxylic acids is 1. The molecule has 0 aliphatic rings. The predicted octanol–water partition coefficient (Wildman–Crippen LogP) is 5.89. The maximum absolute atomic E-state index is 12.9. The lowest BCUT2D eigenvalue weighted by atomic mass is 10.1.